The molecule has 0 atom stereocenters. The third kappa shape index (κ3) is 2.61. The minimum atomic E-state index is -0.282. The van der Waals surface area contributed by atoms with Crippen LogP contribution in [0, 0.1) is 0 Å². The number of para-hydroxylation sites is 1. The van der Waals surface area contributed by atoms with E-state index in [2.05, 4.69) is 5.10 Å². The summed E-state index contributed by atoms with van der Waals surface area (Å²) < 4.78 is 1.83. The van der Waals surface area contributed by atoms with Crippen LogP contribution in [0.25, 0.3) is 0 Å². The van der Waals surface area contributed by atoms with Crippen molar-refractivity contribution in [1.29, 1.82) is 0 Å². The second-order valence-corrected chi connectivity index (χ2v) is 6.17. The van der Waals surface area contributed by atoms with Gasteiger partial charge in [0.15, 0.2) is 0 Å². The van der Waals surface area contributed by atoms with Crippen LogP contribution >= 0.6 is 0 Å². The van der Waals surface area contributed by atoms with Crippen molar-refractivity contribution in [2.45, 2.75) is 13.0 Å². The molecule has 126 valence electrons. The number of rotatable bonds is 1. The average molecular weight is 335 g/mol. The van der Waals surface area contributed by atoms with E-state index in [4.69, 9.17) is 0 Å². The fourth-order valence-corrected chi connectivity index (χ4v) is 3.28. The van der Waals surface area contributed by atoms with Crippen LogP contribution in [0.15, 0.2) is 48.7 Å². The molecule has 1 aromatic heterocycles. The summed E-state index contributed by atoms with van der Waals surface area (Å²) in [4.78, 5) is 14.8. The fraction of sp³-hybridized carbons (Fsp3) is 0.158. The lowest BCUT2D eigenvalue weighted by Crippen LogP contribution is -2.30. The number of amides is 1. The minimum Gasteiger partial charge on any atom is -0.508 e. The predicted octanol–water partition coefficient (Wildman–Crippen LogP) is 2.58. The Labute approximate surface area is 144 Å². The molecule has 2 heterocycles. The third-order valence-corrected chi connectivity index (χ3v) is 4.51. The number of benzene rings is 2. The van der Waals surface area contributed by atoms with E-state index in [9.17, 15) is 15.0 Å². The van der Waals surface area contributed by atoms with Gasteiger partial charge in [0, 0.05) is 42.0 Å². The first-order chi connectivity index (χ1) is 12.0. The van der Waals surface area contributed by atoms with E-state index in [1.807, 2.05) is 36.0 Å². The number of carbonyl (C=O) groups excluding carboxylic acids is 1. The van der Waals surface area contributed by atoms with Crippen molar-refractivity contribution in [2.24, 2.45) is 7.05 Å². The van der Waals surface area contributed by atoms with E-state index < -0.39 is 0 Å². The average Bonchev–Trinajstić information content (AvgIpc) is 2.83. The zero-order valence-corrected chi connectivity index (χ0v) is 13.7. The highest BCUT2D eigenvalue weighted by molar-refractivity contribution is 6.07. The Kier molecular flexibility index (Phi) is 3.46. The van der Waals surface area contributed by atoms with Crippen LogP contribution in [0.1, 0.15) is 27.2 Å². The maximum atomic E-state index is 13.1. The van der Waals surface area contributed by atoms with Crippen LogP contribution in [0.4, 0.5) is 5.69 Å². The van der Waals surface area contributed by atoms with Gasteiger partial charge in [-0.05, 0) is 23.8 Å². The number of aromatic nitrogens is 2. The highest BCUT2D eigenvalue weighted by Crippen LogP contribution is 2.32. The number of fused-ring (bicyclic) bond motifs is 2. The summed E-state index contributed by atoms with van der Waals surface area (Å²) in [6.45, 7) is 0.384. The molecule has 1 aliphatic heterocycles. The number of aromatic hydroxyl groups is 2. The summed E-state index contributed by atoms with van der Waals surface area (Å²) in [6, 6.07) is 11.7. The van der Waals surface area contributed by atoms with Gasteiger partial charge < -0.3 is 15.1 Å². The molecule has 25 heavy (non-hydrogen) atoms. The molecule has 4 rings (SSSR count). The number of hydrogen-bond acceptors (Lipinski definition) is 4. The van der Waals surface area contributed by atoms with Gasteiger partial charge in [-0.25, -0.2) is 0 Å². The number of phenolic OH excluding ortho intramolecular Hbond substituents is 2. The van der Waals surface area contributed by atoms with Crippen molar-refractivity contribution >= 4 is 11.6 Å². The topological polar surface area (TPSA) is 78.6 Å². The molecule has 1 aliphatic rings. The molecule has 0 saturated heterocycles. The summed E-state index contributed by atoms with van der Waals surface area (Å²) in [6.07, 6.45) is 2.47. The summed E-state index contributed by atoms with van der Waals surface area (Å²) in [7, 11) is 1.90. The summed E-state index contributed by atoms with van der Waals surface area (Å²) in [5.41, 5.74) is 4.15. The lowest BCUT2D eigenvalue weighted by molar-refractivity contribution is 0.0984. The number of anilines is 1. The van der Waals surface area contributed by atoms with Gasteiger partial charge in [0.05, 0.1) is 12.7 Å². The Morgan fingerprint density at radius 2 is 1.80 bits per heavy atom. The summed E-state index contributed by atoms with van der Waals surface area (Å²) in [5, 5.41) is 23.7. The molecular formula is C19H17N3O3. The SMILES string of the molecule is Cn1ncc2c1Cc1ccccc1N(C(=O)c1cc(O)cc(O)c1)C2. The molecule has 2 N–H and O–H groups in total. The molecule has 1 amide bonds. The maximum absolute atomic E-state index is 13.1. The number of carbonyl (C=O) groups is 1. The number of aryl methyl sites for hydroxylation is 1. The quantitative estimate of drug-likeness (QED) is 0.716. The number of phenols is 2. The first kappa shape index (κ1) is 15.3. The smallest absolute Gasteiger partial charge is 0.258 e. The van der Waals surface area contributed by atoms with Gasteiger partial charge in [-0.15, -0.1) is 0 Å². The lowest BCUT2D eigenvalue weighted by Gasteiger charge is -2.23. The van der Waals surface area contributed by atoms with Crippen LogP contribution in [0.5, 0.6) is 11.5 Å². The summed E-state index contributed by atoms with van der Waals surface area (Å²) in [5.74, 6) is -0.572. The van der Waals surface area contributed by atoms with Gasteiger partial charge in [0.25, 0.3) is 5.91 Å². The lowest BCUT2D eigenvalue weighted by atomic mass is 10.1. The second-order valence-electron chi connectivity index (χ2n) is 6.17. The van der Waals surface area contributed by atoms with Crippen molar-refractivity contribution in [1.82, 2.24) is 9.78 Å². The van der Waals surface area contributed by atoms with Crippen molar-refractivity contribution in [3.05, 3.63) is 71.0 Å². The number of nitrogens with zero attached hydrogens (tertiary/aromatic N) is 3. The summed E-state index contributed by atoms with van der Waals surface area (Å²) >= 11 is 0. The molecule has 0 radical (unpaired) electrons. The van der Waals surface area contributed by atoms with E-state index in [1.165, 1.54) is 18.2 Å². The molecule has 6 nitrogen and oxygen atoms in total. The van der Waals surface area contributed by atoms with Gasteiger partial charge in [-0.2, -0.15) is 5.10 Å². The molecule has 0 saturated carbocycles. The zero-order valence-electron chi connectivity index (χ0n) is 13.7. The fourth-order valence-electron chi connectivity index (χ4n) is 3.28. The third-order valence-electron chi connectivity index (χ3n) is 4.51. The Bertz CT molecular complexity index is 958. The standard InChI is InChI=1S/C19H17N3O3/c1-21-18-8-12-4-2-3-5-17(12)22(11-14(18)10-20-21)19(25)13-6-15(23)9-16(24)7-13/h2-7,9-10,23-24H,8,11H2,1H3. The second kappa shape index (κ2) is 5.66. The van der Waals surface area contributed by atoms with E-state index in [0.717, 1.165) is 22.5 Å². The number of hydrogen-bond donors (Lipinski definition) is 2. The van der Waals surface area contributed by atoms with E-state index in [-0.39, 0.29) is 23.0 Å². The Morgan fingerprint density at radius 1 is 1.08 bits per heavy atom. The van der Waals surface area contributed by atoms with Crippen LogP contribution < -0.4 is 4.90 Å². The van der Waals surface area contributed by atoms with Crippen molar-refractivity contribution in [3.63, 3.8) is 0 Å². The van der Waals surface area contributed by atoms with E-state index in [1.54, 1.807) is 11.1 Å². The van der Waals surface area contributed by atoms with Crippen LogP contribution in [-0.2, 0) is 20.0 Å². The van der Waals surface area contributed by atoms with Gasteiger partial charge in [-0.1, -0.05) is 18.2 Å². The normalized spacial score (nSPS) is 13.1. The van der Waals surface area contributed by atoms with Crippen molar-refractivity contribution in [3.8, 4) is 11.5 Å². The predicted molar refractivity (Wildman–Crippen MR) is 92.7 cm³/mol. The largest absolute Gasteiger partial charge is 0.508 e. The van der Waals surface area contributed by atoms with E-state index >= 15 is 0 Å². The molecule has 2 aromatic carbocycles. The molecule has 0 aliphatic carbocycles. The molecule has 0 spiro atoms. The highest BCUT2D eigenvalue weighted by Gasteiger charge is 2.27. The highest BCUT2D eigenvalue weighted by atomic mass is 16.3. The minimum absolute atomic E-state index is 0.145. The molecule has 6 heteroatoms. The van der Waals surface area contributed by atoms with Crippen LogP contribution in [-0.4, -0.2) is 25.9 Å². The van der Waals surface area contributed by atoms with Gasteiger partial charge >= 0.3 is 0 Å². The van der Waals surface area contributed by atoms with Crippen LogP contribution in [0.2, 0.25) is 0 Å². The Balaban J connectivity index is 1.84. The Morgan fingerprint density at radius 3 is 2.56 bits per heavy atom. The van der Waals surface area contributed by atoms with Gasteiger partial charge in [-0.3, -0.25) is 9.48 Å². The van der Waals surface area contributed by atoms with Crippen LogP contribution in [0.3, 0.4) is 0 Å². The molecule has 3 aromatic rings. The monoisotopic (exact) mass is 335 g/mol. The van der Waals surface area contributed by atoms with Gasteiger partial charge in [0.1, 0.15) is 11.5 Å². The molecule has 0 bridgehead atoms. The van der Waals surface area contributed by atoms with Crippen molar-refractivity contribution in [2.75, 3.05) is 4.90 Å². The molecule has 0 fully saturated rings. The molecule has 0 unspecified atom stereocenters. The first-order valence-electron chi connectivity index (χ1n) is 7.95. The first-order valence-corrected chi connectivity index (χ1v) is 7.95. The van der Waals surface area contributed by atoms with E-state index in [0.29, 0.717) is 13.0 Å². The molecular weight excluding hydrogens is 318 g/mol. The maximum Gasteiger partial charge on any atom is 0.258 e. The van der Waals surface area contributed by atoms with Crippen molar-refractivity contribution < 1.29 is 15.0 Å². The zero-order chi connectivity index (χ0) is 17.6. The Hall–Kier alpha value is -3.28. The van der Waals surface area contributed by atoms with Gasteiger partial charge in [0.2, 0.25) is 0 Å².